The van der Waals surface area contributed by atoms with E-state index < -0.39 is 5.97 Å². The number of aliphatic carboxylic acids is 1. The predicted molar refractivity (Wildman–Crippen MR) is 81.8 cm³/mol. The van der Waals surface area contributed by atoms with Crippen LogP contribution in [0.4, 0.5) is 0 Å². The highest BCUT2D eigenvalue weighted by molar-refractivity contribution is 5.85. The van der Waals surface area contributed by atoms with Gasteiger partial charge in [0.15, 0.2) is 0 Å². The molecule has 2 nitrogen and oxygen atoms in total. The molecule has 1 aromatic carbocycles. The standard InChI is InChI=1S/C9H8O2.C8H17/c10-9(11)7-6-8-4-2-1-3-5-8;1-3-5-7-8-6-4-2/h1-7H,(H,10,11);1,3-8H2,2H3. The van der Waals surface area contributed by atoms with Crippen LogP contribution < -0.4 is 0 Å². The summed E-state index contributed by atoms with van der Waals surface area (Å²) in [7, 11) is 0. The molecule has 0 saturated heterocycles. The Morgan fingerprint density at radius 2 is 1.79 bits per heavy atom. The molecule has 0 aliphatic rings. The van der Waals surface area contributed by atoms with E-state index in [4.69, 9.17) is 5.11 Å². The molecule has 0 aliphatic heterocycles. The molecule has 1 radical (unpaired) electrons. The lowest BCUT2D eigenvalue weighted by Gasteiger charge is -1.93. The normalized spacial score (nSPS) is 10.0. The van der Waals surface area contributed by atoms with E-state index in [0.29, 0.717) is 0 Å². The van der Waals surface area contributed by atoms with Gasteiger partial charge in [0.05, 0.1) is 0 Å². The summed E-state index contributed by atoms with van der Waals surface area (Å²) in [6.07, 6.45) is 10.7. The van der Waals surface area contributed by atoms with Gasteiger partial charge in [0.25, 0.3) is 0 Å². The molecule has 2 heteroatoms. The van der Waals surface area contributed by atoms with Gasteiger partial charge in [0, 0.05) is 6.08 Å². The van der Waals surface area contributed by atoms with Gasteiger partial charge < -0.3 is 5.11 Å². The van der Waals surface area contributed by atoms with Gasteiger partial charge in [-0.3, -0.25) is 0 Å². The van der Waals surface area contributed by atoms with Crippen LogP contribution >= 0.6 is 0 Å². The third-order valence-corrected chi connectivity index (χ3v) is 2.57. The number of unbranched alkanes of at least 4 members (excludes halogenated alkanes) is 5. The molecule has 0 heterocycles. The summed E-state index contributed by atoms with van der Waals surface area (Å²) in [5, 5.41) is 8.29. The van der Waals surface area contributed by atoms with Gasteiger partial charge >= 0.3 is 5.97 Å². The monoisotopic (exact) mass is 261 g/mol. The number of carbonyl (C=O) groups is 1. The highest BCUT2D eigenvalue weighted by atomic mass is 16.4. The highest BCUT2D eigenvalue weighted by Gasteiger charge is 1.86. The SMILES string of the molecule is O=C(O)C=Cc1ccccc1.[CH2]CCCCCCC. The topological polar surface area (TPSA) is 37.3 Å². The van der Waals surface area contributed by atoms with Gasteiger partial charge in [0.1, 0.15) is 0 Å². The van der Waals surface area contributed by atoms with Crippen molar-refractivity contribution >= 4 is 12.0 Å². The van der Waals surface area contributed by atoms with Crippen LogP contribution in [0.25, 0.3) is 6.08 Å². The van der Waals surface area contributed by atoms with Gasteiger partial charge in [-0.05, 0) is 11.6 Å². The van der Waals surface area contributed by atoms with Crippen LogP contribution in [0.2, 0.25) is 0 Å². The first kappa shape index (κ1) is 17.4. The Kier molecular flexibility index (Phi) is 11.8. The fourth-order valence-electron chi connectivity index (χ4n) is 1.51. The first-order chi connectivity index (χ1) is 9.20. The van der Waals surface area contributed by atoms with Crippen LogP contribution in [0.3, 0.4) is 0 Å². The third kappa shape index (κ3) is 12.7. The molecule has 0 saturated carbocycles. The second-order valence-electron chi connectivity index (χ2n) is 4.35. The third-order valence-electron chi connectivity index (χ3n) is 2.57. The fourth-order valence-corrected chi connectivity index (χ4v) is 1.51. The van der Waals surface area contributed by atoms with Crippen molar-refractivity contribution in [3.63, 3.8) is 0 Å². The van der Waals surface area contributed by atoms with E-state index in [1.165, 1.54) is 32.1 Å². The highest BCUT2D eigenvalue weighted by Crippen LogP contribution is 2.03. The molecule has 105 valence electrons. The van der Waals surface area contributed by atoms with Gasteiger partial charge in [0.2, 0.25) is 0 Å². The van der Waals surface area contributed by atoms with Crippen LogP contribution in [0.5, 0.6) is 0 Å². The Bertz CT molecular complexity index is 336. The fraction of sp³-hybridized carbons (Fsp3) is 0.412. The maximum Gasteiger partial charge on any atom is 0.328 e. The lowest BCUT2D eigenvalue weighted by atomic mass is 10.1. The minimum atomic E-state index is -0.922. The van der Waals surface area contributed by atoms with Crippen molar-refractivity contribution < 1.29 is 9.90 Å². The minimum absolute atomic E-state index is 0.898. The lowest BCUT2D eigenvalue weighted by Crippen LogP contribution is -1.85. The number of carboxylic acid groups (broad SMARTS) is 1. The van der Waals surface area contributed by atoms with Crippen molar-refractivity contribution in [1.29, 1.82) is 0 Å². The lowest BCUT2D eigenvalue weighted by molar-refractivity contribution is -0.131. The summed E-state index contributed by atoms with van der Waals surface area (Å²) in [6, 6.07) is 9.31. The number of rotatable bonds is 7. The average molecular weight is 261 g/mol. The molecule has 19 heavy (non-hydrogen) atoms. The Morgan fingerprint density at radius 3 is 2.32 bits per heavy atom. The maximum atomic E-state index is 10.1. The number of hydrogen-bond acceptors (Lipinski definition) is 1. The molecule has 1 rings (SSSR count). The van der Waals surface area contributed by atoms with E-state index in [1.807, 2.05) is 30.3 Å². The number of hydrogen-bond donors (Lipinski definition) is 1. The molecule has 0 amide bonds. The summed E-state index contributed by atoms with van der Waals surface area (Å²) in [4.78, 5) is 10.1. The first-order valence-corrected chi connectivity index (χ1v) is 6.96. The van der Waals surface area contributed by atoms with E-state index in [9.17, 15) is 4.79 Å². The van der Waals surface area contributed by atoms with Crippen molar-refractivity contribution in [2.75, 3.05) is 0 Å². The smallest absolute Gasteiger partial charge is 0.328 e. The molecule has 0 atom stereocenters. The van der Waals surface area contributed by atoms with Gasteiger partial charge in [-0.1, -0.05) is 82.7 Å². The summed E-state index contributed by atoms with van der Waals surface area (Å²) < 4.78 is 0. The van der Waals surface area contributed by atoms with E-state index in [-0.39, 0.29) is 0 Å². The van der Waals surface area contributed by atoms with E-state index >= 15 is 0 Å². The summed E-state index contributed by atoms with van der Waals surface area (Å²) in [6.45, 7) is 6.02. The summed E-state index contributed by atoms with van der Waals surface area (Å²) in [5.41, 5.74) is 0.898. The number of carboxylic acids is 1. The van der Waals surface area contributed by atoms with Crippen LogP contribution in [-0.2, 0) is 4.79 Å². The van der Waals surface area contributed by atoms with Crippen molar-refractivity contribution in [3.8, 4) is 0 Å². The van der Waals surface area contributed by atoms with Crippen LogP contribution in [0.1, 0.15) is 51.0 Å². The molecule has 1 aromatic rings. The molecule has 1 N–H and O–H groups in total. The average Bonchev–Trinajstić information content (AvgIpc) is 2.43. The minimum Gasteiger partial charge on any atom is -0.478 e. The molecule has 0 aromatic heterocycles. The molecular weight excluding hydrogens is 236 g/mol. The molecule has 0 fully saturated rings. The second kappa shape index (κ2) is 12.9. The Hall–Kier alpha value is -1.57. The molecule has 0 unspecified atom stereocenters. The van der Waals surface area contributed by atoms with Crippen molar-refractivity contribution in [2.24, 2.45) is 0 Å². The zero-order valence-electron chi connectivity index (χ0n) is 11.8. The zero-order valence-corrected chi connectivity index (χ0v) is 11.8. The quantitative estimate of drug-likeness (QED) is 0.556. The molecule has 0 bridgehead atoms. The van der Waals surface area contributed by atoms with Crippen LogP contribution in [0, 0.1) is 6.92 Å². The van der Waals surface area contributed by atoms with Crippen LogP contribution in [-0.4, -0.2) is 11.1 Å². The van der Waals surface area contributed by atoms with Gasteiger partial charge in [-0.25, -0.2) is 4.79 Å². The first-order valence-electron chi connectivity index (χ1n) is 6.96. The molecule has 0 spiro atoms. The Labute approximate surface area is 117 Å². The van der Waals surface area contributed by atoms with Gasteiger partial charge in [-0.2, -0.15) is 0 Å². The summed E-state index contributed by atoms with van der Waals surface area (Å²) in [5.74, 6) is -0.922. The van der Waals surface area contributed by atoms with E-state index in [1.54, 1.807) is 6.08 Å². The van der Waals surface area contributed by atoms with Gasteiger partial charge in [-0.15, -0.1) is 0 Å². The largest absolute Gasteiger partial charge is 0.478 e. The summed E-state index contributed by atoms with van der Waals surface area (Å²) >= 11 is 0. The Morgan fingerprint density at radius 1 is 1.16 bits per heavy atom. The Balaban J connectivity index is 0.000000362. The number of benzene rings is 1. The van der Waals surface area contributed by atoms with E-state index in [0.717, 1.165) is 18.1 Å². The molecular formula is C17H25O2. The van der Waals surface area contributed by atoms with E-state index in [2.05, 4.69) is 13.8 Å². The van der Waals surface area contributed by atoms with Crippen molar-refractivity contribution in [2.45, 2.75) is 45.4 Å². The second-order valence-corrected chi connectivity index (χ2v) is 4.35. The van der Waals surface area contributed by atoms with Crippen LogP contribution in [0.15, 0.2) is 36.4 Å². The van der Waals surface area contributed by atoms with Crippen molar-refractivity contribution in [3.05, 3.63) is 48.9 Å². The maximum absolute atomic E-state index is 10.1. The molecule has 0 aliphatic carbocycles. The predicted octanol–water partition coefficient (Wildman–Crippen LogP) is 4.97. The van der Waals surface area contributed by atoms with Crippen molar-refractivity contribution in [1.82, 2.24) is 0 Å². The zero-order chi connectivity index (χ0) is 14.3.